The van der Waals surface area contributed by atoms with Gasteiger partial charge in [-0.2, -0.15) is 0 Å². The lowest BCUT2D eigenvalue weighted by Gasteiger charge is -2.09. The number of benzene rings is 1. The molecule has 1 heterocycles. The van der Waals surface area contributed by atoms with Crippen molar-refractivity contribution >= 4 is 41.7 Å². The van der Waals surface area contributed by atoms with Crippen LogP contribution in [-0.2, 0) is 20.0 Å². The molecule has 0 spiro atoms. The van der Waals surface area contributed by atoms with Gasteiger partial charge in [0.2, 0.25) is 10.0 Å². The minimum atomic E-state index is -3.88. The van der Waals surface area contributed by atoms with E-state index in [-0.39, 0.29) is 20.0 Å². The predicted octanol–water partition coefficient (Wildman–Crippen LogP) is 1.29. The maximum atomic E-state index is 12.1. The summed E-state index contributed by atoms with van der Waals surface area (Å²) in [4.78, 5) is 3.60. The Morgan fingerprint density at radius 2 is 1.86 bits per heavy atom. The summed E-state index contributed by atoms with van der Waals surface area (Å²) in [6, 6.07) is 6.71. The summed E-state index contributed by atoms with van der Waals surface area (Å²) in [6.07, 6.45) is 2.66. The molecule has 10 heteroatoms. The first-order chi connectivity index (χ1) is 9.70. The van der Waals surface area contributed by atoms with Crippen molar-refractivity contribution < 1.29 is 16.8 Å². The fourth-order valence-electron chi connectivity index (χ4n) is 1.52. The van der Waals surface area contributed by atoms with E-state index >= 15 is 0 Å². The zero-order valence-electron chi connectivity index (χ0n) is 10.4. The minimum Gasteiger partial charge on any atom is -0.280 e. The molecule has 0 amide bonds. The summed E-state index contributed by atoms with van der Waals surface area (Å²) in [5.74, 6) is 0. The van der Waals surface area contributed by atoms with E-state index in [1.54, 1.807) is 0 Å². The van der Waals surface area contributed by atoms with Gasteiger partial charge in [-0.3, -0.25) is 9.71 Å². The zero-order valence-corrected chi connectivity index (χ0v) is 13.6. The molecule has 0 aliphatic heterocycles. The average Bonchev–Trinajstić information content (AvgIpc) is 2.37. The summed E-state index contributed by atoms with van der Waals surface area (Å²) in [7, 11) is -7.67. The first-order valence-electron chi connectivity index (χ1n) is 5.45. The van der Waals surface area contributed by atoms with Crippen LogP contribution in [0.1, 0.15) is 0 Å². The lowest BCUT2D eigenvalue weighted by Crippen LogP contribution is -2.15. The molecule has 0 atom stereocenters. The highest BCUT2D eigenvalue weighted by Crippen LogP contribution is 2.26. The molecule has 0 unspecified atom stereocenters. The molecule has 0 aliphatic carbocycles. The van der Waals surface area contributed by atoms with Crippen LogP contribution in [0.5, 0.6) is 0 Å². The molecule has 2 aromatic rings. The van der Waals surface area contributed by atoms with Crippen LogP contribution in [0.25, 0.3) is 0 Å². The van der Waals surface area contributed by atoms with E-state index in [4.69, 9.17) is 5.14 Å². The van der Waals surface area contributed by atoms with Gasteiger partial charge in [0, 0.05) is 16.9 Å². The molecular weight excluding hydrogens is 382 g/mol. The van der Waals surface area contributed by atoms with Gasteiger partial charge in [0.25, 0.3) is 10.0 Å². The highest BCUT2D eigenvalue weighted by molar-refractivity contribution is 9.10. The van der Waals surface area contributed by atoms with Crippen LogP contribution in [0.15, 0.2) is 57.0 Å². The van der Waals surface area contributed by atoms with Gasteiger partial charge in [0.15, 0.2) is 0 Å². The van der Waals surface area contributed by atoms with Gasteiger partial charge in [-0.1, -0.05) is 0 Å². The van der Waals surface area contributed by atoms with E-state index < -0.39 is 20.0 Å². The maximum absolute atomic E-state index is 12.1. The lowest BCUT2D eigenvalue weighted by atomic mass is 10.3. The molecule has 1 aromatic carbocycles. The molecule has 21 heavy (non-hydrogen) atoms. The number of primary sulfonamides is 1. The van der Waals surface area contributed by atoms with E-state index in [1.807, 2.05) is 0 Å². The van der Waals surface area contributed by atoms with E-state index in [9.17, 15) is 16.8 Å². The van der Waals surface area contributed by atoms with Crippen molar-refractivity contribution in [1.82, 2.24) is 4.98 Å². The van der Waals surface area contributed by atoms with Crippen molar-refractivity contribution in [3.05, 3.63) is 47.2 Å². The van der Waals surface area contributed by atoms with Crippen LogP contribution in [0.4, 0.5) is 5.69 Å². The Kier molecular flexibility index (Phi) is 4.33. The Hall–Kier alpha value is -1.49. The molecule has 1 aromatic heterocycles. The van der Waals surface area contributed by atoms with Crippen molar-refractivity contribution in [1.29, 1.82) is 0 Å². The number of hydrogen-bond donors (Lipinski definition) is 2. The van der Waals surface area contributed by atoms with Gasteiger partial charge in [-0.25, -0.2) is 22.0 Å². The Bertz CT molecular complexity index is 868. The molecular formula is C11H10BrN3O4S2. The Balaban J connectivity index is 2.36. The second kappa shape index (κ2) is 5.72. The van der Waals surface area contributed by atoms with Gasteiger partial charge in [-0.15, -0.1) is 0 Å². The van der Waals surface area contributed by atoms with Crippen LogP contribution in [0.3, 0.4) is 0 Å². The summed E-state index contributed by atoms with van der Waals surface area (Å²) in [5, 5.41) is 5.02. The third-order valence-electron chi connectivity index (χ3n) is 2.44. The van der Waals surface area contributed by atoms with Crippen LogP contribution in [0.2, 0.25) is 0 Å². The van der Waals surface area contributed by atoms with Gasteiger partial charge in [0.1, 0.15) is 4.90 Å². The highest BCUT2D eigenvalue weighted by Gasteiger charge is 2.17. The van der Waals surface area contributed by atoms with Crippen molar-refractivity contribution in [3.63, 3.8) is 0 Å². The van der Waals surface area contributed by atoms with E-state index in [0.717, 1.165) is 0 Å². The van der Waals surface area contributed by atoms with Gasteiger partial charge >= 0.3 is 0 Å². The quantitative estimate of drug-likeness (QED) is 0.813. The molecule has 0 aliphatic rings. The average molecular weight is 392 g/mol. The van der Waals surface area contributed by atoms with Crippen molar-refractivity contribution in [3.8, 4) is 0 Å². The summed E-state index contributed by atoms with van der Waals surface area (Å²) < 4.78 is 49.2. The van der Waals surface area contributed by atoms with Crippen LogP contribution < -0.4 is 9.86 Å². The molecule has 0 saturated heterocycles. The zero-order chi connectivity index (χ0) is 15.7. The van der Waals surface area contributed by atoms with Gasteiger partial charge in [-0.05, 0) is 46.3 Å². The smallest absolute Gasteiger partial charge is 0.263 e. The number of halogens is 1. The molecule has 2 rings (SSSR count). The number of sulfonamides is 2. The summed E-state index contributed by atoms with van der Waals surface area (Å²) in [6.45, 7) is 0. The number of nitrogens with zero attached hydrogens (tertiary/aromatic N) is 1. The molecule has 7 nitrogen and oxygen atoms in total. The third-order valence-corrected chi connectivity index (χ3v) is 5.69. The van der Waals surface area contributed by atoms with Gasteiger partial charge < -0.3 is 0 Å². The van der Waals surface area contributed by atoms with E-state index in [1.165, 1.54) is 42.7 Å². The Labute approximate surface area is 130 Å². The number of pyridine rings is 1. The van der Waals surface area contributed by atoms with Crippen molar-refractivity contribution in [2.75, 3.05) is 4.72 Å². The number of nitrogens with two attached hydrogens (primary N) is 1. The molecule has 112 valence electrons. The highest BCUT2D eigenvalue weighted by atomic mass is 79.9. The number of rotatable bonds is 4. The largest absolute Gasteiger partial charge is 0.280 e. The third kappa shape index (κ3) is 3.79. The fourth-order valence-corrected chi connectivity index (χ4v) is 4.17. The van der Waals surface area contributed by atoms with Crippen LogP contribution in [-0.4, -0.2) is 21.8 Å². The normalized spacial score (nSPS) is 12.1. The van der Waals surface area contributed by atoms with Gasteiger partial charge in [0.05, 0.1) is 10.6 Å². The molecule has 0 fully saturated rings. The number of hydrogen-bond acceptors (Lipinski definition) is 5. The lowest BCUT2D eigenvalue weighted by molar-refractivity contribution is 0.597. The Morgan fingerprint density at radius 3 is 2.38 bits per heavy atom. The maximum Gasteiger partial charge on any atom is 0.263 e. The molecule has 0 bridgehead atoms. The summed E-state index contributed by atoms with van der Waals surface area (Å²) >= 11 is 3.04. The molecule has 0 saturated carbocycles. The number of nitrogens with one attached hydrogen (secondary N) is 1. The summed E-state index contributed by atoms with van der Waals surface area (Å²) in [5.41, 5.74) is 0.193. The second-order valence-electron chi connectivity index (χ2n) is 3.98. The first kappa shape index (κ1) is 15.9. The fraction of sp³-hybridized carbons (Fsp3) is 0. The SMILES string of the molecule is NS(=O)(=O)c1ccc(NS(=O)(=O)c2cccnc2)cc1Br. The molecule has 0 radical (unpaired) electrons. The topological polar surface area (TPSA) is 119 Å². The van der Waals surface area contributed by atoms with Crippen LogP contribution >= 0.6 is 15.9 Å². The first-order valence-corrected chi connectivity index (χ1v) is 9.27. The number of aromatic nitrogens is 1. The standard InChI is InChI=1S/C11H10BrN3O4S2/c12-10-6-8(3-4-11(10)20(13,16)17)15-21(18,19)9-2-1-5-14-7-9/h1-7,15H,(H2,13,16,17). The van der Waals surface area contributed by atoms with Crippen molar-refractivity contribution in [2.45, 2.75) is 9.79 Å². The second-order valence-corrected chi connectivity index (χ2v) is 8.05. The minimum absolute atomic E-state index is 0.00311. The molecule has 3 N–H and O–H groups in total. The van der Waals surface area contributed by atoms with Crippen molar-refractivity contribution in [2.24, 2.45) is 5.14 Å². The Morgan fingerprint density at radius 1 is 1.14 bits per heavy atom. The van der Waals surface area contributed by atoms with E-state index in [2.05, 4.69) is 25.6 Å². The predicted molar refractivity (Wildman–Crippen MR) is 80.6 cm³/mol. The number of anilines is 1. The monoisotopic (exact) mass is 391 g/mol. The van der Waals surface area contributed by atoms with Crippen LogP contribution in [0, 0.1) is 0 Å². The van der Waals surface area contributed by atoms with E-state index in [0.29, 0.717) is 0 Å².